The number of nitrogens with one attached hydrogen (secondary N) is 1. The average Bonchev–Trinajstić information content (AvgIpc) is 2.80. The van der Waals surface area contributed by atoms with Crippen molar-refractivity contribution >= 4 is 5.82 Å². The van der Waals surface area contributed by atoms with E-state index in [1.165, 1.54) is 31.2 Å². The largest absolute Gasteiger partial charge is 0.369 e. The first-order chi connectivity index (χ1) is 9.42. The average molecular weight is 276 g/mol. The quantitative estimate of drug-likeness (QED) is 0.898. The molecule has 4 heteroatoms. The van der Waals surface area contributed by atoms with Gasteiger partial charge >= 0.3 is 0 Å². The fraction of sp³-hybridized carbons (Fsp3) is 0.750. The number of hydrogen-bond donors (Lipinski definition) is 1. The van der Waals surface area contributed by atoms with Crippen LogP contribution in [0.15, 0.2) is 0 Å². The van der Waals surface area contributed by atoms with E-state index in [4.69, 9.17) is 0 Å². The minimum absolute atomic E-state index is 0.405. The summed E-state index contributed by atoms with van der Waals surface area (Å²) < 4.78 is 0. The van der Waals surface area contributed by atoms with Crippen molar-refractivity contribution in [2.75, 3.05) is 32.5 Å². The first-order valence-electron chi connectivity index (χ1n) is 7.62. The molecule has 0 amide bonds. The van der Waals surface area contributed by atoms with Crippen LogP contribution in [0.5, 0.6) is 0 Å². The Labute approximate surface area is 123 Å². The van der Waals surface area contributed by atoms with E-state index in [9.17, 15) is 0 Å². The smallest absolute Gasteiger partial charge is 0.132 e. The third-order valence-corrected chi connectivity index (χ3v) is 4.45. The van der Waals surface area contributed by atoms with Crippen LogP contribution in [0.25, 0.3) is 0 Å². The molecule has 4 nitrogen and oxygen atoms in total. The Kier molecular flexibility index (Phi) is 4.63. The molecule has 0 spiro atoms. The number of anilines is 1. The van der Waals surface area contributed by atoms with Crippen molar-refractivity contribution in [3.63, 3.8) is 0 Å². The molecular weight excluding hydrogens is 248 g/mol. The van der Waals surface area contributed by atoms with Crippen LogP contribution in [0.2, 0.25) is 0 Å². The summed E-state index contributed by atoms with van der Waals surface area (Å²) in [5.41, 5.74) is 2.66. The normalized spacial score (nSPS) is 17.7. The van der Waals surface area contributed by atoms with Gasteiger partial charge in [-0.05, 0) is 47.7 Å². The maximum absolute atomic E-state index is 4.57. The zero-order valence-electron chi connectivity index (χ0n) is 13.6. The maximum atomic E-state index is 4.57. The van der Waals surface area contributed by atoms with Crippen molar-refractivity contribution in [2.24, 2.45) is 5.41 Å². The first kappa shape index (κ1) is 15.2. The van der Waals surface area contributed by atoms with Crippen LogP contribution in [-0.4, -0.2) is 42.1 Å². The number of aromatic nitrogens is 2. The van der Waals surface area contributed by atoms with Crippen molar-refractivity contribution in [1.29, 1.82) is 0 Å². The lowest BCUT2D eigenvalue weighted by Crippen LogP contribution is -2.37. The molecule has 0 radical (unpaired) electrons. The summed E-state index contributed by atoms with van der Waals surface area (Å²) in [5, 5.41) is 3.60. The molecule has 1 aromatic rings. The highest BCUT2D eigenvalue weighted by Gasteiger charge is 2.34. The van der Waals surface area contributed by atoms with Gasteiger partial charge in [-0.2, -0.15) is 0 Å². The number of rotatable bonds is 5. The molecule has 1 aliphatic rings. The lowest BCUT2D eigenvalue weighted by atomic mass is 9.85. The Morgan fingerprint density at radius 2 is 1.75 bits per heavy atom. The van der Waals surface area contributed by atoms with E-state index in [0.29, 0.717) is 5.41 Å². The van der Waals surface area contributed by atoms with E-state index in [1.54, 1.807) is 0 Å². The molecule has 1 N–H and O–H groups in total. The third-order valence-electron chi connectivity index (χ3n) is 4.45. The standard InChI is InChI=1S/C16H28N4/c1-12-13(2)18-14(3)19-15(12)17-10-16(11-20(4)5)8-6-7-9-16/h6-11H2,1-5H3,(H,17,18,19). The highest BCUT2D eigenvalue weighted by molar-refractivity contribution is 5.45. The Morgan fingerprint density at radius 1 is 1.10 bits per heavy atom. The summed E-state index contributed by atoms with van der Waals surface area (Å²) in [5.74, 6) is 1.86. The molecule has 0 aromatic carbocycles. The van der Waals surface area contributed by atoms with Gasteiger partial charge in [0, 0.05) is 29.8 Å². The van der Waals surface area contributed by atoms with Crippen molar-refractivity contribution in [1.82, 2.24) is 14.9 Å². The van der Waals surface area contributed by atoms with Crippen LogP contribution in [0, 0.1) is 26.2 Å². The molecule has 1 saturated carbocycles. The van der Waals surface area contributed by atoms with Gasteiger partial charge in [0.15, 0.2) is 0 Å². The van der Waals surface area contributed by atoms with E-state index >= 15 is 0 Å². The summed E-state index contributed by atoms with van der Waals surface area (Å²) >= 11 is 0. The molecule has 2 rings (SSSR count). The van der Waals surface area contributed by atoms with Crippen molar-refractivity contribution in [2.45, 2.75) is 46.5 Å². The van der Waals surface area contributed by atoms with E-state index in [2.05, 4.69) is 48.1 Å². The molecule has 1 fully saturated rings. The zero-order chi connectivity index (χ0) is 14.8. The van der Waals surface area contributed by atoms with E-state index < -0.39 is 0 Å². The van der Waals surface area contributed by atoms with Gasteiger partial charge in [-0.15, -0.1) is 0 Å². The molecule has 1 aromatic heterocycles. The van der Waals surface area contributed by atoms with E-state index in [1.807, 2.05) is 6.92 Å². The monoisotopic (exact) mass is 276 g/mol. The summed E-state index contributed by atoms with van der Waals surface area (Å²) in [7, 11) is 4.34. The number of nitrogens with zero attached hydrogens (tertiary/aromatic N) is 3. The van der Waals surface area contributed by atoms with Crippen LogP contribution < -0.4 is 5.32 Å². The molecule has 112 valence electrons. The second-order valence-corrected chi connectivity index (χ2v) is 6.63. The highest BCUT2D eigenvalue weighted by Crippen LogP contribution is 2.38. The van der Waals surface area contributed by atoms with E-state index in [-0.39, 0.29) is 0 Å². The molecule has 0 saturated heterocycles. The molecule has 0 aliphatic heterocycles. The fourth-order valence-corrected chi connectivity index (χ4v) is 3.40. The lowest BCUT2D eigenvalue weighted by molar-refractivity contribution is 0.215. The molecule has 20 heavy (non-hydrogen) atoms. The maximum Gasteiger partial charge on any atom is 0.132 e. The van der Waals surface area contributed by atoms with Gasteiger partial charge in [0.1, 0.15) is 11.6 Å². The molecule has 1 aliphatic carbocycles. The van der Waals surface area contributed by atoms with Gasteiger partial charge in [-0.3, -0.25) is 0 Å². The van der Waals surface area contributed by atoms with Gasteiger partial charge < -0.3 is 10.2 Å². The van der Waals surface area contributed by atoms with Crippen LogP contribution in [0.1, 0.15) is 42.8 Å². The minimum Gasteiger partial charge on any atom is -0.369 e. The SMILES string of the molecule is Cc1nc(C)c(C)c(NCC2(CN(C)C)CCCC2)n1. The second-order valence-electron chi connectivity index (χ2n) is 6.63. The Balaban J connectivity index is 2.10. The van der Waals surface area contributed by atoms with Crippen molar-refractivity contribution in [3.8, 4) is 0 Å². The zero-order valence-corrected chi connectivity index (χ0v) is 13.6. The van der Waals surface area contributed by atoms with Crippen molar-refractivity contribution < 1.29 is 0 Å². The summed E-state index contributed by atoms with van der Waals surface area (Å²) in [6.07, 6.45) is 5.35. The molecular formula is C16H28N4. The third kappa shape index (κ3) is 3.48. The van der Waals surface area contributed by atoms with Gasteiger partial charge in [-0.25, -0.2) is 9.97 Å². The molecule has 0 bridgehead atoms. The van der Waals surface area contributed by atoms with Crippen LogP contribution in [0.3, 0.4) is 0 Å². The van der Waals surface area contributed by atoms with Gasteiger partial charge in [0.05, 0.1) is 0 Å². The van der Waals surface area contributed by atoms with E-state index in [0.717, 1.165) is 30.4 Å². The highest BCUT2D eigenvalue weighted by atomic mass is 15.1. The molecule has 0 atom stereocenters. The van der Waals surface area contributed by atoms with Crippen LogP contribution >= 0.6 is 0 Å². The predicted octanol–water partition coefficient (Wildman–Crippen LogP) is 2.94. The van der Waals surface area contributed by atoms with Crippen molar-refractivity contribution in [3.05, 3.63) is 17.1 Å². The fourth-order valence-electron chi connectivity index (χ4n) is 3.40. The first-order valence-corrected chi connectivity index (χ1v) is 7.62. The molecule has 0 unspecified atom stereocenters. The summed E-state index contributed by atoms with van der Waals surface area (Å²) in [6.45, 7) is 8.29. The number of hydrogen-bond acceptors (Lipinski definition) is 4. The van der Waals surface area contributed by atoms with Gasteiger partial charge in [-0.1, -0.05) is 12.8 Å². The summed E-state index contributed by atoms with van der Waals surface area (Å²) in [6, 6.07) is 0. The van der Waals surface area contributed by atoms with Crippen LogP contribution in [-0.2, 0) is 0 Å². The topological polar surface area (TPSA) is 41.1 Å². The Morgan fingerprint density at radius 3 is 2.35 bits per heavy atom. The van der Waals surface area contributed by atoms with Crippen LogP contribution in [0.4, 0.5) is 5.82 Å². The van der Waals surface area contributed by atoms with Gasteiger partial charge in [0.25, 0.3) is 0 Å². The Hall–Kier alpha value is -1.16. The Bertz CT molecular complexity index is 462. The summed E-state index contributed by atoms with van der Waals surface area (Å²) in [4.78, 5) is 11.3. The lowest BCUT2D eigenvalue weighted by Gasteiger charge is -2.32. The number of aryl methyl sites for hydroxylation is 2. The predicted molar refractivity (Wildman–Crippen MR) is 84.2 cm³/mol. The second kappa shape index (κ2) is 6.08. The minimum atomic E-state index is 0.405. The molecule has 1 heterocycles. The van der Waals surface area contributed by atoms with Gasteiger partial charge in [0.2, 0.25) is 0 Å².